The highest BCUT2D eigenvalue weighted by molar-refractivity contribution is 6.30. The molecule has 1 aromatic rings. The number of ether oxygens (including phenoxy) is 1. The van der Waals surface area contributed by atoms with Crippen LogP contribution in [0.5, 0.6) is 0 Å². The maximum absolute atomic E-state index is 13.8. The molecule has 0 radical (unpaired) electrons. The molecule has 0 aromatic heterocycles. The van der Waals surface area contributed by atoms with Crippen molar-refractivity contribution in [1.82, 2.24) is 10.2 Å². The van der Waals surface area contributed by atoms with Crippen molar-refractivity contribution in [2.75, 3.05) is 26.2 Å². The summed E-state index contributed by atoms with van der Waals surface area (Å²) in [6, 6.07) is 8.23. The van der Waals surface area contributed by atoms with Crippen LogP contribution < -0.4 is 5.32 Å². The lowest BCUT2D eigenvalue weighted by Crippen LogP contribution is -2.59. The van der Waals surface area contributed by atoms with Gasteiger partial charge < -0.3 is 15.2 Å². The van der Waals surface area contributed by atoms with Gasteiger partial charge >= 0.3 is 12.1 Å². The number of morpholine rings is 1. The minimum absolute atomic E-state index is 0.132. The van der Waals surface area contributed by atoms with E-state index in [4.69, 9.17) is 26.2 Å². The van der Waals surface area contributed by atoms with Crippen LogP contribution in [0.2, 0.25) is 5.02 Å². The first kappa shape index (κ1) is 25.8. The molecule has 1 aromatic carbocycles. The molecule has 31 heavy (non-hydrogen) atoms. The Labute approximate surface area is 182 Å². The van der Waals surface area contributed by atoms with Gasteiger partial charge in [0, 0.05) is 30.6 Å². The van der Waals surface area contributed by atoms with Crippen LogP contribution in [0.3, 0.4) is 0 Å². The van der Waals surface area contributed by atoms with Gasteiger partial charge in [-0.2, -0.15) is 13.2 Å². The lowest BCUT2D eigenvalue weighted by atomic mass is 9.96. The smallest absolute Gasteiger partial charge is 0.475 e. The van der Waals surface area contributed by atoms with Gasteiger partial charge in [0.25, 0.3) is 5.92 Å². The Bertz CT molecular complexity index is 706. The predicted molar refractivity (Wildman–Crippen MR) is 106 cm³/mol. The van der Waals surface area contributed by atoms with E-state index in [0.717, 1.165) is 44.8 Å². The maximum atomic E-state index is 13.8. The van der Waals surface area contributed by atoms with E-state index >= 15 is 0 Å². The average molecular weight is 473 g/mol. The molecular formula is C20H26ClF5N2O3. The number of alkyl halides is 5. The van der Waals surface area contributed by atoms with Gasteiger partial charge in [0.2, 0.25) is 0 Å². The summed E-state index contributed by atoms with van der Waals surface area (Å²) >= 11 is 5.95. The van der Waals surface area contributed by atoms with Gasteiger partial charge in [-0.1, -0.05) is 23.7 Å². The molecule has 2 saturated heterocycles. The van der Waals surface area contributed by atoms with Crippen molar-refractivity contribution in [3.05, 3.63) is 34.9 Å². The fourth-order valence-electron chi connectivity index (χ4n) is 3.68. The second-order valence-corrected chi connectivity index (χ2v) is 8.18. The molecule has 2 N–H and O–H groups in total. The number of hydrogen-bond acceptors (Lipinski definition) is 4. The number of carboxylic acid groups (broad SMARTS) is 1. The van der Waals surface area contributed by atoms with Gasteiger partial charge in [-0.15, -0.1) is 0 Å². The molecule has 0 spiro atoms. The summed E-state index contributed by atoms with van der Waals surface area (Å²) in [7, 11) is 0. The third kappa shape index (κ3) is 8.17. The molecule has 5 nitrogen and oxygen atoms in total. The molecule has 11 heteroatoms. The number of carbonyl (C=O) groups is 1. The van der Waals surface area contributed by atoms with Crippen LogP contribution in [-0.4, -0.2) is 72.5 Å². The first-order valence-corrected chi connectivity index (χ1v) is 10.3. The zero-order valence-corrected chi connectivity index (χ0v) is 17.7. The van der Waals surface area contributed by atoms with Gasteiger partial charge in [-0.05, 0) is 50.0 Å². The molecule has 2 aliphatic heterocycles. The van der Waals surface area contributed by atoms with Crippen LogP contribution in [0.15, 0.2) is 24.3 Å². The number of nitrogens with one attached hydrogen (secondary N) is 1. The quantitative estimate of drug-likeness (QED) is 0.649. The first-order chi connectivity index (χ1) is 14.4. The molecule has 2 fully saturated rings. The zero-order chi connectivity index (χ0) is 23.2. The molecule has 2 atom stereocenters. The Kier molecular flexibility index (Phi) is 9.05. The van der Waals surface area contributed by atoms with E-state index in [1.807, 2.05) is 24.3 Å². The highest BCUT2D eigenvalue weighted by atomic mass is 35.5. The summed E-state index contributed by atoms with van der Waals surface area (Å²) < 4.78 is 64.8. The number of hydrogen-bond donors (Lipinski definition) is 2. The fraction of sp³-hybridized carbons (Fsp3) is 0.650. The Hall–Kier alpha value is -1.49. The van der Waals surface area contributed by atoms with Gasteiger partial charge in [-0.3, -0.25) is 4.90 Å². The summed E-state index contributed by atoms with van der Waals surface area (Å²) in [6.07, 6.45) is -3.31. The van der Waals surface area contributed by atoms with E-state index in [2.05, 4.69) is 10.2 Å². The molecule has 0 aliphatic carbocycles. The number of halogens is 6. The summed E-state index contributed by atoms with van der Waals surface area (Å²) in [5.74, 6) is -5.57. The largest absolute Gasteiger partial charge is 0.490 e. The van der Waals surface area contributed by atoms with E-state index < -0.39 is 24.2 Å². The Balaban J connectivity index is 0.000000423. The molecule has 176 valence electrons. The van der Waals surface area contributed by atoms with Crippen molar-refractivity contribution in [2.24, 2.45) is 0 Å². The average Bonchev–Trinajstić information content (AvgIpc) is 2.69. The molecule has 0 amide bonds. The van der Waals surface area contributed by atoms with E-state index in [1.54, 1.807) is 0 Å². The molecule has 0 saturated carbocycles. The van der Waals surface area contributed by atoms with Crippen LogP contribution in [0, 0.1) is 0 Å². The second-order valence-electron chi connectivity index (χ2n) is 7.74. The van der Waals surface area contributed by atoms with Crippen LogP contribution >= 0.6 is 11.6 Å². The van der Waals surface area contributed by atoms with Crippen LogP contribution in [-0.2, 0) is 16.0 Å². The van der Waals surface area contributed by atoms with Crippen molar-refractivity contribution in [3.8, 4) is 0 Å². The van der Waals surface area contributed by atoms with E-state index in [1.165, 1.54) is 0 Å². The van der Waals surface area contributed by atoms with Crippen molar-refractivity contribution < 1.29 is 36.6 Å². The number of piperidine rings is 1. The van der Waals surface area contributed by atoms with E-state index in [9.17, 15) is 22.0 Å². The molecule has 0 bridgehead atoms. The number of carboxylic acids is 1. The van der Waals surface area contributed by atoms with Crippen LogP contribution in [0.25, 0.3) is 0 Å². The number of rotatable bonds is 4. The molecule has 3 rings (SSSR count). The van der Waals surface area contributed by atoms with Crippen molar-refractivity contribution in [2.45, 2.75) is 56.5 Å². The number of nitrogens with zero attached hydrogens (tertiary/aromatic N) is 1. The Morgan fingerprint density at radius 1 is 1.19 bits per heavy atom. The van der Waals surface area contributed by atoms with E-state index in [-0.39, 0.29) is 6.04 Å². The second kappa shape index (κ2) is 10.9. The van der Waals surface area contributed by atoms with Crippen molar-refractivity contribution in [1.29, 1.82) is 0 Å². The van der Waals surface area contributed by atoms with Crippen molar-refractivity contribution >= 4 is 17.6 Å². The third-order valence-electron chi connectivity index (χ3n) is 5.31. The lowest BCUT2D eigenvalue weighted by molar-refractivity contribution is -0.192. The minimum atomic E-state index is -5.08. The number of aliphatic carboxylic acids is 1. The van der Waals surface area contributed by atoms with Gasteiger partial charge in [0.15, 0.2) is 0 Å². The predicted octanol–water partition coefficient (Wildman–Crippen LogP) is 3.99. The highest BCUT2D eigenvalue weighted by Gasteiger charge is 2.43. The SMILES string of the molecule is CC(F)(F)[C@H]1CN(C2CCNCC2)[C@@H](Cc2ccc(Cl)cc2)CO1.O=C(O)C(F)(F)F. The molecular weight excluding hydrogens is 447 g/mol. The minimum Gasteiger partial charge on any atom is -0.475 e. The van der Waals surface area contributed by atoms with E-state index in [0.29, 0.717) is 24.2 Å². The maximum Gasteiger partial charge on any atom is 0.490 e. The summed E-state index contributed by atoms with van der Waals surface area (Å²) in [4.78, 5) is 11.2. The Morgan fingerprint density at radius 2 is 1.74 bits per heavy atom. The zero-order valence-electron chi connectivity index (χ0n) is 17.0. The molecule has 0 unspecified atom stereocenters. The highest BCUT2D eigenvalue weighted by Crippen LogP contribution is 2.30. The monoisotopic (exact) mass is 472 g/mol. The molecule has 2 heterocycles. The van der Waals surface area contributed by atoms with Gasteiger partial charge in [0.1, 0.15) is 6.10 Å². The summed E-state index contributed by atoms with van der Waals surface area (Å²) in [6.45, 7) is 3.50. The summed E-state index contributed by atoms with van der Waals surface area (Å²) in [5, 5.41) is 11.2. The first-order valence-electron chi connectivity index (χ1n) is 9.88. The number of benzene rings is 1. The van der Waals surface area contributed by atoms with Crippen LogP contribution in [0.1, 0.15) is 25.3 Å². The summed E-state index contributed by atoms with van der Waals surface area (Å²) in [5.41, 5.74) is 1.16. The Morgan fingerprint density at radius 3 is 2.23 bits per heavy atom. The van der Waals surface area contributed by atoms with Crippen LogP contribution in [0.4, 0.5) is 22.0 Å². The van der Waals surface area contributed by atoms with Gasteiger partial charge in [0.05, 0.1) is 6.61 Å². The lowest BCUT2D eigenvalue weighted by Gasteiger charge is -2.46. The fourth-order valence-corrected chi connectivity index (χ4v) is 3.80. The third-order valence-corrected chi connectivity index (χ3v) is 5.56. The molecule has 2 aliphatic rings. The topological polar surface area (TPSA) is 61.8 Å². The van der Waals surface area contributed by atoms with Gasteiger partial charge in [-0.25, -0.2) is 13.6 Å². The normalized spacial score (nSPS) is 23.7. The standard InChI is InChI=1S/C18H25ClF2N2O.C2HF3O2/c1-18(20,21)17-11-23(15-6-8-22-9-7-15)16(12-24-17)10-13-2-4-14(19)5-3-13;3-2(4,5)1(6)7/h2-5,15-17,22H,6-12H2,1H3;(H,6,7)/t16-,17+;/m0./s1. The van der Waals surface area contributed by atoms with Crippen molar-refractivity contribution in [3.63, 3.8) is 0 Å².